The van der Waals surface area contributed by atoms with Crippen LogP contribution in [0.4, 0.5) is 11.4 Å². The van der Waals surface area contributed by atoms with E-state index in [0.29, 0.717) is 18.0 Å². The Balaban J connectivity index is 2.10. The van der Waals surface area contributed by atoms with Crippen LogP contribution < -0.4 is 14.8 Å². The second-order valence-corrected chi connectivity index (χ2v) is 4.90. The lowest BCUT2D eigenvalue weighted by Crippen LogP contribution is -2.30. The van der Waals surface area contributed by atoms with E-state index in [4.69, 9.17) is 9.47 Å². The van der Waals surface area contributed by atoms with Crippen molar-refractivity contribution in [1.82, 2.24) is 0 Å². The highest BCUT2D eigenvalue weighted by Gasteiger charge is 2.21. The molecule has 0 aliphatic heterocycles. The average Bonchev–Trinajstić information content (AvgIpc) is 2.57. The van der Waals surface area contributed by atoms with Gasteiger partial charge in [-0.2, -0.15) is 0 Å². The predicted molar refractivity (Wildman–Crippen MR) is 89.4 cm³/mol. The molecule has 2 aromatic rings. The summed E-state index contributed by atoms with van der Waals surface area (Å²) in [6.07, 6.45) is -0.916. The number of ether oxygens (including phenoxy) is 2. The van der Waals surface area contributed by atoms with Gasteiger partial charge < -0.3 is 14.8 Å². The Hall–Kier alpha value is -3.09. The molecule has 0 radical (unpaired) electrons. The number of benzene rings is 2. The Morgan fingerprint density at radius 2 is 1.79 bits per heavy atom. The number of anilines is 1. The minimum atomic E-state index is -0.916. The number of carbonyl (C=O) groups excluding carboxylic acids is 1. The van der Waals surface area contributed by atoms with Crippen molar-refractivity contribution in [3.63, 3.8) is 0 Å². The van der Waals surface area contributed by atoms with Crippen molar-refractivity contribution in [1.29, 1.82) is 0 Å². The largest absolute Gasteiger partial charge is 0.492 e. The zero-order valence-electron chi connectivity index (χ0n) is 13.4. The van der Waals surface area contributed by atoms with Crippen molar-refractivity contribution in [2.24, 2.45) is 0 Å². The third kappa shape index (κ3) is 4.22. The van der Waals surface area contributed by atoms with Gasteiger partial charge in [0.25, 0.3) is 5.91 Å². The molecule has 24 heavy (non-hydrogen) atoms. The molecule has 126 valence electrons. The standard InChI is InChI=1S/C17H18N2O5/c1-3-23-15-10-6-4-8-13(15)18-17(20)12(2)24-16-11-7-5-9-14(16)19(21)22/h4-12H,3H2,1-2H3,(H,18,20). The van der Waals surface area contributed by atoms with Crippen LogP contribution in [0.2, 0.25) is 0 Å². The fourth-order valence-corrected chi connectivity index (χ4v) is 2.04. The molecule has 0 aliphatic carbocycles. The van der Waals surface area contributed by atoms with E-state index < -0.39 is 16.9 Å². The molecule has 0 bridgehead atoms. The summed E-state index contributed by atoms with van der Waals surface area (Å²) in [5, 5.41) is 13.7. The van der Waals surface area contributed by atoms with E-state index in [1.807, 2.05) is 6.92 Å². The highest BCUT2D eigenvalue weighted by Crippen LogP contribution is 2.28. The SMILES string of the molecule is CCOc1ccccc1NC(=O)C(C)Oc1ccccc1[N+](=O)[O-]. The molecule has 0 saturated carbocycles. The Morgan fingerprint density at radius 3 is 2.46 bits per heavy atom. The molecule has 7 nitrogen and oxygen atoms in total. The van der Waals surface area contributed by atoms with Gasteiger partial charge in [0.1, 0.15) is 5.75 Å². The van der Waals surface area contributed by atoms with Crippen LogP contribution >= 0.6 is 0 Å². The fourth-order valence-electron chi connectivity index (χ4n) is 2.04. The van der Waals surface area contributed by atoms with E-state index in [2.05, 4.69) is 5.32 Å². The van der Waals surface area contributed by atoms with Gasteiger partial charge in [-0.1, -0.05) is 24.3 Å². The summed E-state index contributed by atoms with van der Waals surface area (Å²) in [5.41, 5.74) is 0.328. The molecule has 0 saturated heterocycles. The van der Waals surface area contributed by atoms with E-state index in [-0.39, 0.29) is 11.4 Å². The predicted octanol–water partition coefficient (Wildman–Crippen LogP) is 3.40. The summed E-state index contributed by atoms with van der Waals surface area (Å²) >= 11 is 0. The highest BCUT2D eigenvalue weighted by atomic mass is 16.6. The van der Waals surface area contributed by atoms with Crippen LogP contribution in [0.3, 0.4) is 0 Å². The number of hydrogen-bond acceptors (Lipinski definition) is 5. The van der Waals surface area contributed by atoms with Crippen LogP contribution in [0.25, 0.3) is 0 Å². The number of hydrogen-bond donors (Lipinski definition) is 1. The number of nitrogens with one attached hydrogen (secondary N) is 1. The van der Waals surface area contributed by atoms with Gasteiger partial charge in [-0.15, -0.1) is 0 Å². The van der Waals surface area contributed by atoms with E-state index in [1.54, 1.807) is 30.3 Å². The smallest absolute Gasteiger partial charge is 0.310 e. The number of para-hydroxylation sites is 4. The van der Waals surface area contributed by atoms with Gasteiger partial charge in [0.2, 0.25) is 0 Å². The second-order valence-electron chi connectivity index (χ2n) is 4.90. The minimum Gasteiger partial charge on any atom is -0.492 e. The van der Waals surface area contributed by atoms with Crippen LogP contribution in [0.15, 0.2) is 48.5 Å². The topological polar surface area (TPSA) is 90.7 Å². The highest BCUT2D eigenvalue weighted by molar-refractivity contribution is 5.95. The molecule has 1 amide bonds. The molecular weight excluding hydrogens is 312 g/mol. The first-order valence-electron chi connectivity index (χ1n) is 7.45. The summed E-state index contributed by atoms with van der Waals surface area (Å²) in [7, 11) is 0. The van der Waals surface area contributed by atoms with E-state index in [9.17, 15) is 14.9 Å². The normalized spacial score (nSPS) is 11.4. The fraction of sp³-hybridized carbons (Fsp3) is 0.235. The molecule has 1 N–H and O–H groups in total. The Morgan fingerprint density at radius 1 is 1.17 bits per heavy atom. The first-order valence-corrected chi connectivity index (χ1v) is 7.45. The van der Waals surface area contributed by atoms with Crippen molar-refractivity contribution in [3.05, 3.63) is 58.6 Å². The van der Waals surface area contributed by atoms with Gasteiger partial charge in [-0.25, -0.2) is 0 Å². The quantitative estimate of drug-likeness (QED) is 0.620. The van der Waals surface area contributed by atoms with Crippen molar-refractivity contribution in [2.75, 3.05) is 11.9 Å². The minimum absolute atomic E-state index is 0.0447. The van der Waals surface area contributed by atoms with Gasteiger partial charge in [0.15, 0.2) is 11.9 Å². The molecule has 0 aliphatic rings. The van der Waals surface area contributed by atoms with Crippen molar-refractivity contribution in [3.8, 4) is 11.5 Å². The third-order valence-corrected chi connectivity index (χ3v) is 3.18. The van der Waals surface area contributed by atoms with E-state index in [0.717, 1.165) is 0 Å². The van der Waals surface area contributed by atoms with Crippen molar-refractivity contribution < 1.29 is 19.2 Å². The third-order valence-electron chi connectivity index (χ3n) is 3.18. The number of nitro groups is 1. The molecule has 0 aromatic heterocycles. The Labute approximate surface area is 139 Å². The zero-order valence-corrected chi connectivity index (χ0v) is 13.4. The summed E-state index contributed by atoms with van der Waals surface area (Å²) in [6, 6.07) is 12.9. The lowest BCUT2D eigenvalue weighted by atomic mass is 10.2. The van der Waals surface area contributed by atoms with E-state index >= 15 is 0 Å². The van der Waals surface area contributed by atoms with Crippen LogP contribution in [0.5, 0.6) is 11.5 Å². The molecular formula is C17H18N2O5. The Bertz CT molecular complexity index is 732. The lowest BCUT2D eigenvalue weighted by Gasteiger charge is -2.16. The first kappa shape index (κ1) is 17.3. The van der Waals surface area contributed by atoms with Crippen LogP contribution in [-0.2, 0) is 4.79 Å². The number of carbonyl (C=O) groups is 1. The van der Waals surface area contributed by atoms with Crippen LogP contribution in [-0.4, -0.2) is 23.5 Å². The van der Waals surface area contributed by atoms with Gasteiger partial charge >= 0.3 is 5.69 Å². The molecule has 2 aromatic carbocycles. The first-order chi connectivity index (χ1) is 11.5. The van der Waals surface area contributed by atoms with Gasteiger partial charge in [0.05, 0.1) is 17.2 Å². The zero-order chi connectivity index (χ0) is 17.5. The summed E-state index contributed by atoms with van der Waals surface area (Å²) in [5.74, 6) is 0.162. The molecule has 1 atom stereocenters. The van der Waals surface area contributed by atoms with Gasteiger partial charge in [-0.05, 0) is 32.0 Å². The maximum absolute atomic E-state index is 12.3. The molecule has 1 unspecified atom stereocenters. The second kappa shape index (κ2) is 7.96. The molecule has 0 spiro atoms. The van der Waals surface area contributed by atoms with Crippen molar-refractivity contribution >= 4 is 17.3 Å². The van der Waals surface area contributed by atoms with Gasteiger partial charge in [-0.3, -0.25) is 14.9 Å². The van der Waals surface area contributed by atoms with Crippen LogP contribution in [0, 0.1) is 10.1 Å². The maximum atomic E-state index is 12.3. The number of rotatable bonds is 7. The molecule has 0 heterocycles. The average molecular weight is 330 g/mol. The number of nitro benzene ring substituents is 1. The van der Waals surface area contributed by atoms with Gasteiger partial charge in [0, 0.05) is 6.07 Å². The molecule has 2 rings (SSSR count). The summed E-state index contributed by atoms with van der Waals surface area (Å²) in [6.45, 7) is 3.84. The van der Waals surface area contributed by atoms with Crippen molar-refractivity contribution in [2.45, 2.75) is 20.0 Å². The number of amides is 1. The number of nitrogens with zero attached hydrogens (tertiary/aromatic N) is 1. The Kier molecular flexibility index (Phi) is 5.73. The molecule has 7 heteroatoms. The summed E-state index contributed by atoms with van der Waals surface area (Å²) in [4.78, 5) is 22.7. The molecule has 0 fully saturated rings. The monoisotopic (exact) mass is 330 g/mol. The summed E-state index contributed by atoms with van der Waals surface area (Å²) < 4.78 is 10.9. The van der Waals surface area contributed by atoms with E-state index in [1.165, 1.54) is 25.1 Å². The lowest BCUT2D eigenvalue weighted by molar-refractivity contribution is -0.386. The maximum Gasteiger partial charge on any atom is 0.310 e. The van der Waals surface area contributed by atoms with Crippen LogP contribution in [0.1, 0.15) is 13.8 Å².